The van der Waals surface area contributed by atoms with Gasteiger partial charge in [0.1, 0.15) is 17.1 Å². The monoisotopic (exact) mass is 331 g/mol. The lowest BCUT2D eigenvalue weighted by Gasteiger charge is -2.14. The summed E-state index contributed by atoms with van der Waals surface area (Å²) in [7, 11) is 2.03. The first kappa shape index (κ1) is 14.7. The molecule has 1 aliphatic rings. The number of hydrogen-bond acceptors (Lipinski definition) is 8. The molecule has 3 heterocycles. The summed E-state index contributed by atoms with van der Waals surface area (Å²) in [5.41, 5.74) is 3.08. The smallest absolute Gasteiger partial charge is 0.255 e. The van der Waals surface area contributed by atoms with E-state index in [1.54, 1.807) is 0 Å². The maximum Gasteiger partial charge on any atom is 0.255 e. The zero-order valence-electron chi connectivity index (χ0n) is 12.8. The standard InChI is InChI=1S/C15H17N5O2S/c1-20(8-10-4-5-11-12(7-10)19-23-18-11)9-14-16-15(22-17-14)13-3-2-6-21-13/h4-5,7,13H,2-3,6,8-9H2,1H3/t13-/m1/s1. The summed E-state index contributed by atoms with van der Waals surface area (Å²) in [6, 6.07) is 6.16. The minimum Gasteiger partial charge on any atom is -0.368 e. The Balaban J connectivity index is 1.40. The number of nitrogens with zero attached hydrogens (tertiary/aromatic N) is 5. The molecule has 2 aromatic heterocycles. The van der Waals surface area contributed by atoms with E-state index in [9.17, 15) is 0 Å². The highest BCUT2D eigenvalue weighted by molar-refractivity contribution is 7.00. The molecule has 3 aromatic rings. The van der Waals surface area contributed by atoms with E-state index in [1.807, 2.05) is 13.1 Å². The van der Waals surface area contributed by atoms with Crippen LogP contribution in [0.2, 0.25) is 0 Å². The largest absolute Gasteiger partial charge is 0.368 e. The molecule has 8 heteroatoms. The minimum atomic E-state index is -0.0267. The molecule has 4 rings (SSSR count). The summed E-state index contributed by atoms with van der Waals surface area (Å²) in [4.78, 5) is 6.59. The summed E-state index contributed by atoms with van der Waals surface area (Å²) in [5.74, 6) is 1.29. The molecule has 1 atom stereocenters. The van der Waals surface area contributed by atoms with Gasteiger partial charge >= 0.3 is 0 Å². The van der Waals surface area contributed by atoms with E-state index in [0.29, 0.717) is 18.3 Å². The van der Waals surface area contributed by atoms with Crippen LogP contribution in [0.5, 0.6) is 0 Å². The fourth-order valence-electron chi connectivity index (χ4n) is 2.77. The lowest BCUT2D eigenvalue weighted by atomic mass is 10.2. The van der Waals surface area contributed by atoms with Gasteiger partial charge in [0.25, 0.3) is 5.89 Å². The Labute approximate surface area is 137 Å². The van der Waals surface area contributed by atoms with Gasteiger partial charge in [0.15, 0.2) is 5.82 Å². The van der Waals surface area contributed by atoms with Gasteiger partial charge in [-0.1, -0.05) is 11.2 Å². The van der Waals surface area contributed by atoms with Crippen molar-refractivity contribution in [3.05, 3.63) is 35.5 Å². The molecule has 0 amide bonds. The maximum absolute atomic E-state index is 5.56. The van der Waals surface area contributed by atoms with Crippen molar-refractivity contribution in [1.82, 2.24) is 23.8 Å². The second kappa shape index (κ2) is 6.31. The lowest BCUT2D eigenvalue weighted by molar-refractivity contribution is 0.0835. The number of hydrogen-bond donors (Lipinski definition) is 0. The Kier molecular flexibility index (Phi) is 4.02. The van der Waals surface area contributed by atoms with E-state index >= 15 is 0 Å². The quantitative estimate of drug-likeness (QED) is 0.711. The molecule has 1 fully saturated rings. The fourth-order valence-corrected chi connectivity index (χ4v) is 3.29. The van der Waals surface area contributed by atoms with Gasteiger partial charge in [0.05, 0.1) is 18.3 Å². The molecule has 0 bridgehead atoms. The topological polar surface area (TPSA) is 77.2 Å². The van der Waals surface area contributed by atoms with Crippen LogP contribution in [0.4, 0.5) is 0 Å². The molecule has 0 saturated carbocycles. The van der Waals surface area contributed by atoms with Gasteiger partial charge < -0.3 is 9.26 Å². The van der Waals surface area contributed by atoms with Crippen molar-refractivity contribution in [3.8, 4) is 0 Å². The average molecular weight is 331 g/mol. The van der Waals surface area contributed by atoms with Crippen molar-refractivity contribution in [2.45, 2.75) is 32.0 Å². The van der Waals surface area contributed by atoms with Crippen LogP contribution >= 0.6 is 11.7 Å². The Hall–Kier alpha value is -1.90. The van der Waals surface area contributed by atoms with Gasteiger partial charge in [-0.2, -0.15) is 13.7 Å². The first-order chi connectivity index (χ1) is 11.3. The van der Waals surface area contributed by atoms with E-state index < -0.39 is 0 Å². The van der Waals surface area contributed by atoms with Crippen LogP contribution in [0.1, 0.15) is 36.2 Å². The zero-order chi connectivity index (χ0) is 15.6. The molecular formula is C15H17N5O2S. The Morgan fingerprint density at radius 3 is 3.04 bits per heavy atom. The highest BCUT2D eigenvalue weighted by Gasteiger charge is 2.24. The number of rotatable bonds is 5. The Morgan fingerprint density at radius 2 is 2.17 bits per heavy atom. The normalized spacial score (nSPS) is 18.3. The van der Waals surface area contributed by atoms with Crippen LogP contribution in [0.3, 0.4) is 0 Å². The van der Waals surface area contributed by atoms with Crippen LogP contribution in [-0.4, -0.2) is 37.4 Å². The van der Waals surface area contributed by atoms with E-state index in [0.717, 1.165) is 37.0 Å². The first-order valence-corrected chi connectivity index (χ1v) is 8.35. The van der Waals surface area contributed by atoms with Crippen molar-refractivity contribution >= 4 is 22.8 Å². The Morgan fingerprint density at radius 1 is 1.26 bits per heavy atom. The van der Waals surface area contributed by atoms with Crippen LogP contribution < -0.4 is 0 Å². The number of fused-ring (bicyclic) bond motifs is 1. The summed E-state index contributed by atoms with van der Waals surface area (Å²) < 4.78 is 19.4. The van der Waals surface area contributed by atoms with Gasteiger partial charge in [0.2, 0.25) is 0 Å². The van der Waals surface area contributed by atoms with Crippen molar-refractivity contribution in [2.75, 3.05) is 13.7 Å². The molecule has 1 aliphatic heterocycles. The predicted molar refractivity (Wildman–Crippen MR) is 84.8 cm³/mol. The highest BCUT2D eigenvalue weighted by atomic mass is 32.1. The molecule has 0 radical (unpaired) electrons. The number of ether oxygens (including phenoxy) is 1. The minimum absolute atomic E-state index is 0.0267. The first-order valence-electron chi connectivity index (χ1n) is 7.62. The highest BCUT2D eigenvalue weighted by Crippen LogP contribution is 2.27. The third kappa shape index (κ3) is 3.24. The van der Waals surface area contributed by atoms with Crippen LogP contribution in [0.15, 0.2) is 22.7 Å². The molecule has 1 aromatic carbocycles. The molecular weight excluding hydrogens is 314 g/mol. The van der Waals surface area contributed by atoms with Crippen molar-refractivity contribution in [2.24, 2.45) is 0 Å². The van der Waals surface area contributed by atoms with Crippen LogP contribution in [0.25, 0.3) is 11.0 Å². The zero-order valence-corrected chi connectivity index (χ0v) is 13.6. The molecule has 120 valence electrons. The Bertz CT molecular complexity index is 796. The van der Waals surface area contributed by atoms with Crippen LogP contribution in [0, 0.1) is 0 Å². The molecule has 0 N–H and O–H groups in total. The third-order valence-electron chi connectivity index (χ3n) is 3.87. The maximum atomic E-state index is 5.56. The average Bonchev–Trinajstić information content (AvgIpc) is 3.27. The van der Waals surface area contributed by atoms with Gasteiger partial charge in [-0.05, 0) is 37.6 Å². The summed E-state index contributed by atoms with van der Waals surface area (Å²) >= 11 is 1.24. The van der Waals surface area contributed by atoms with Crippen molar-refractivity contribution in [1.29, 1.82) is 0 Å². The summed E-state index contributed by atoms with van der Waals surface area (Å²) in [5, 5.41) is 4.06. The van der Waals surface area contributed by atoms with Gasteiger partial charge in [-0.15, -0.1) is 0 Å². The van der Waals surface area contributed by atoms with E-state index in [2.05, 4.69) is 35.9 Å². The molecule has 0 spiro atoms. The van der Waals surface area contributed by atoms with Crippen molar-refractivity contribution < 1.29 is 9.26 Å². The lowest BCUT2D eigenvalue weighted by Crippen LogP contribution is -2.18. The van der Waals surface area contributed by atoms with Gasteiger partial charge in [-0.3, -0.25) is 4.90 Å². The van der Waals surface area contributed by atoms with Gasteiger partial charge in [0, 0.05) is 13.2 Å². The number of benzene rings is 1. The molecule has 0 unspecified atom stereocenters. The van der Waals surface area contributed by atoms with E-state index in [4.69, 9.17) is 9.26 Å². The van der Waals surface area contributed by atoms with E-state index in [1.165, 1.54) is 17.3 Å². The SMILES string of the molecule is CN(Cc1ccc2nsnc2c1)Cc1noc([C@H]2CCCO2)n1. The third-order valence-corrected chi connectivity index (χ3v) is 4.43. The summed E-state index contributed by atoms with van der Waals surface area (Å²) in [6.07, 6.45) is 1.98. The molecule has 23 heavy (non-hydrogen) atoms. The fraction of sp³-hybridized carbons (Fsp3) is 0.467. The van der Waals surface area contributed by atoms with Crippen molar-refractivity contribution in [3.63, 3.8) is 0 Å². The van der Waals surface area contributed by atoms with E-state index in [-0.39, 0.29) is 6.10 Å². The number of aromatic nitrogens is 4. The second-order valence-corrected chi connectivity index (χ2v) is 6.34. The summed E-state index contributed by atoms with van der Waals surface area (Å²) in [6.45, 7) is 2.19. The second-order valence-electron chi connectivity index (χ2n) is 5.81. The molecule has 7 nitrogen and oxygen atoms in total. The molecule has 0 aliphatic carbocycles. The van der Waals surface area contributed by atoms with Gasteiger partial charge in [-0.25, -0.2) is 0 Å². The van der Waals surface area contributed by atoms with Crippen LogP contribution in [-0.2, 0) is 17.8 Å². The molecule has 1 saturated heterocycles. The predicted octanol–water partition coefficient (Wildman–Crippen LogP) is 2.56.